The van der Waals surface area contributed by atoms with Crippen LogP contribution in [0.15, 0.2) is 0 Å². The summed E-state index contributed by atoms with van der Waals surface area (Å²) in [5.74, 6) is -0.591. The number of phosphoric ester groups is 2. The molecule has 17 nitrogen and oxygen atoms in total. The molecule has 3 N–H and O–H groups in total. The zero-order chi connectivity index (χ0) is 70.0. The van der Waals surface area contributed by atoms with E-state index in [-0.39, 0.29) is 25.7 Å². The normalized spacial score (nSPS) is 14.0. The summed E-state index contributed by atoms with van der Waals surface area (Å²) in [6.07, 6.45) is 55.6. The number of carbonyl (C=O) groups excluding carboxylic acids is 4. The lowest BCUT2D eigenvalue weighted by atomic mass is 10.0. The van der Waals surface area contributed by atoms with E-state index in [2.05, 4.69) is 41.5 Å². The van der Waals surface area contributed by atoms with E-state index in [1.54, 1.807) is 0 Å². The Morgan fingerprint density at radius 2 is 0.484 bits per heavy atom. The van der Waals surface area contributed by atoms with Gasteiger partial charge in [-0.05, 0) is 37.5 Å². The average molecular weight is 1400 g/mol. The molecular formula is C76H148O17P2. The van der Waals surface area contributed by atoms with Crippen molar-refractivity contribution in [1.82, 2.24) is 0 Å². The van der Waals surface area contributed by atoms with Crippen molar-refractivity contribution in [1.29, 1.82) is 0 Å². The summed E-state index contributed by atoms with van der Waals surface area (Å²) in [5, 5.41) is 10.6. The zero-order valence-electron chi connectivity index (χ0n) is 62.0. The number of aliphatic hydroxyl groups excluding tert-OH is 1. The van der Waals surface area contributed by atoms with Gasteiger partial charge in [-0.15, -0.1) is 0 Å². The molecule has 0 aromatic heterocycles. The van der Waals surface area contributed by atoms with E-state index in [4.69, 9.17) is 37.0 Å². The largest absolute Gasteiger partial charge is 0.472 e. The van der Waals surface area contributed by atoms with Gasteiger partial charge in [0.1, 0.15) is 19.3 Å². The standard InChI is InChI=1S/C76H148O17P2/c1-7-9-11-13-15-17-18-19-20-21-22-23-24-27-31-36-42-48-54-60-75(80)92-72(65-87-74(79)59-53-47-41-35-30-28-25-26-29-33-38-44-50-56-68(3)4)67-91-95(84,85)89-63-70(77)62-88-94(82,83)90-66-71(64-86-73(78)58-52-46-40-16-14-12-10-8-2)93-76(81)61-55-49-43-37-32-34-39-45-51-57-69(5)6/h68-72,77H,7-67H2,1-6H3,(H,82,83)(H,84,85)/t70-,71+,72+/m0/s1. The van der Waals surface area contributed by atoms with Crippen LogP contribution in [0.25, 0.3) is 0 Å². The van der Waals surface area contributed by atoms with E-state index in [1.807, 2.05) is 0 Å². The van der Waals surface area contributed by atoms with Crippen LogP contribution >= 0.6 is 15.6 Å². The Hall–Kier alpha value is -1.94. The van der Waals surface area contributed by atoms with Crippen LogP contribution in [-0.2, 0) is 65.4 Å². The summed E-state index contributed by atoms with van der Waals surface area (Å²) in [6, 6.07) is 0. The second-order valence-corrected chi connectivity index (χ2v) is 31.3. The minimum absolute atomic E-state index is 0.105. The van der Waals surface area contributed by atoms with Crippen LogP contribution in [0, 0.1) is 11.8 Å². The maximum Gasteiger partial charge on any atom is 0.472 e. The van der Waals surface area contributed by atoms with E-state index in [0.717, 1.165) is 108 Å². The maximum atomic E-state index is 13.1. The lowest BCUT2D eigenvalue weighted by Gasteiger charge is -2.21. The number of hydrogen-bond acceptors (Lipinski definition) is 15. The van der Waals surface area contributed by atoms with Crippen LogP contribution in [0.2, 0.25) is 0 Å². The molecule has 0 radical (unpaired) electrons. The van der Waals surface area contributed by atoms with Crippen molar-refractivity contribution in [2.24, 2.45) is 11.8 Å². The number of esters is 4. The summed E-state index contributed by atoms with van der Waals surface area (Å²) >= 11 is 0. The highest BCUT2D eigenvalue weighted by atomic mass is 31.2. The average Bonchev–Trinajstić information content (AvgIpc) is 2.23. The number of ether oxygens (including phenoxy) is 4. The topological polar surface area (TPSA) is 237 Å². The van der Waals surface area contributed by atoms with Gasteiger partial charge in [-0.3, -0.25) is 37.3 Å². The third kappa shape index (κ3) is 70.3. The molecule has 0 heterocycles. The Kier molecular flexibility index (Phi) is 66.5. The fourth-order valence-electron chi connectivity index (χ4n) is 11.7. The van der Waals surface area contributed by atoms with Gasteiger partial charge in [0.25, 0.3) is 0 Å². The zero-order valence-corrected chi connectivity index (χ0v) is 63.8. The highest BCUT2D eigenvalue weighted by Crippen LogP contribution is 2.45. The predicted octanol–water partition coefficient (Wildman–Crippen LogP) is 22.3. The van der Waals surface area contributed by atoms with Crippen molar-refractivity contribution >= 4 is 39.5 Å². The van der Waals surface area contributed by atoms with Gasteiger partial charge in [-0.2, -0.15) is 0 Å². The van der Waals surface area contributed by atoms with Crippen LogP contribution in [-0.4, -0.2) is 96.7 Å². The fourth-order valence-corrected chi connectivity index (χ4v) is 13.2. The Labute approximate surface area is 581 Å². The molecule has 0 fully saturated rings. The maximum absolute atomic E-state index is 13.1. The van der Waals surface area contributed by atoms with Crippen molar-refractivity contribution in [3.63, 3.8) is 0 Å². The number of carbonyl (C=O) groups is 4. The lowest BCUT2D eigenvalue weighted by molar-refractivity contribution is -0.161. The Morgan fingerprint density at radius 1 is 0.284 bits per heavy atom. The molecular weight excluding hydrogens is 1250 g/mol. The monoisotopic (exact) mass is 1400 g/mol. The summed E-state index contributed by atoms with van der Waals surface area (Å²) < 4.78 is 68.4. The van der Waals surface area contributed by atoms with E-state index in [9.17, 15) is 43.2 Å². The summed E-state index contributed by atoms with van der Waals surface area (Å²) in [6.45, 7) is 9.56. The molecule has 0 saturated carbocycles. The van der Waals surface area contributed by atoms with E-state index >= 15 is 0 Å². The van der Waals surface area contributed by atoms with Crippen LogP contribution < -0.4 is 0 Å². The summed E-state index contributed by atoms with van der Waals surface area (Å²) in [4.78, 5) is 72.7. The SMILES string of the molecule is CCCCCCCCCCCCCCCCCCCCCC(=O)O[C@H](COC(=O)CCCCCCCCCCCCCCCC(C)C)COP(=O)(O)OC[C@@H](O)COP(=O)(O)OC[C@@H](COC(=O)CCCCCCCCCC)OC(=O)CCCCCCCCCCCC(C)C. The van der Waals surface area contributed by atoms with Gasteiger partial charge in [-0.25, -0.2) is 9.13 Å². The number of rotatable bonds is 75. The first-order valence-corrected chi connectivity index (χ1v) is 42.5. The molecule has 0 rings (SSSR count). The highest BCUT2D eigenvalue weighted by Gasteiger charge is 2.30. The summed E-state index contributed by atoms with van der Waals surface area (Å²) in [5.41, 5.74) is 0. The fraction of sp³-hybridized carbons (Fsp3) is 0.947. The molecule has 0 aliphatic carbocycles. The number of aliphatic hydroxyl groups is 1. The molecule has 95 heavy (non-hydrogen) atoms. The Bertz CT molecular complexity index is 1840. The van der Waals surface area contributed by atoms with Gasteiger partial charge in [0.05, 0.1) is 26.4 Å². The van der Waals surface area contributed by atoms with Gasteiger partial charge in [-0.1, -0.05) is 343 Å². The first-order chi connectivity index (χ1) is 45.9. The third-order valence-electron chi connectivity index (χ3n) is 17.7. The molecule has 0 aromatic rings. The third-order valence-corrected chi connectivity index (χ3v) is 19.6. The van der Waals surface area contributed by atoms with Crippen LogP contribution in [0.4, 0.5) is 0 Å². The van der Waals surface area contributed by atoms with Crippen molar-refractivity contribution < 1.29 is 80.2 Å². The molecule has 0 spiro atoms. The predicted molar refractivity (Wildman–Crippen MR) is 386 cm³/mol. The molecule has 0 aromatic carbocycles. The van der Waals surface area contributed by atoms with E-state index in [0.29, 0.717) is 25.7 Å². The van der Waals surface area contributed by atoms with Crippen molar-refractivity contribution in [2.75, 3.05) is 39.6 Å². The van der Waals surface area contributed by atoms with Crippen LogP contribution in [0.3, 0.4) is 0 Å². The van der Waals surface area contributed by atoms with Gasteiger partial charge in [0.15, 0.2) is 12.2 Å². The molecule has 0 bridgehead atoms. The molecule has 0 aliphatic rings. The van der Waals surface area contributed by atoms with E-state index < -0.39 is 97.5 Å². The van der Waals surface area contributed by atoms with Crippen molar-refractivity contribution in [3.05, 3.63) is 0 Å². The second kappa shape index (κ2) is 67.9. The summed E-state index contributed by atoms with van der Waals surface area (Å²) in [7, 11) is -9.91. The van der Waals surface area contributed by atoms with Crippen LogP contribution in [0.5, 0.6) is 0 Å². The lowest BCUT2D eigenvalue weighted by Crippen LogP contribution is -2.30. The van der Waals surface area contributed by atoms with Crippen LogP contribution in [0.1, 0.15) is 395 Å². The molecule has 0 saturated heterocycles. The van der Waals surface area contributed by atoms with Crippen molar-refractivity contribution in [3.8, 4) is 0 Å². The quantitative estimate of drug-likeness (QED) is 0.0222. The highest BCUT2D eigenvalue weighted by molar-refractivity contribution is 7.47. The number of phosphoric acid groups is 2. The first-order valence-electron chi connectivity index (χ1n) is 39.5. The molecule has 564 valence electrons. The number of unbranched alkanes of at least 4 members (excludes halogenated alkanes) is 45. The van der Waals surface area contributed by atoms with E-state index in [1.165, 1.54) is 205 Å². The molecule has 2 unspecified atom stereocenters. The molecule has 0 amide bonds. The molecule has 5 atom stereocenters. The second-order valence-electron chi connectivity index (χ2n) is 28.3. The Morgan fingerprint density at radius 3 is 0.716 bits per heavy atom. The van der Waals surface area contributed by atoms with Crippen molar-refractivity contribution in [2.45, 2.75) is 413 Å². The minimum Gasteiger partial charge on any atom is -0.462 e. The van der Waals surface area contributed by atoms with Gasteiger partial charge in [0.2, 0.25) is 0 Å². The van der Waals surface area contributed by atoms with Gasteiger partial charge < -0.3 is 33.8 Å². The first kappa shape index (κ1) is 93.1. The minimum atomic E-state index is -4.96. The molecule has 19 heteroatoms. The Balaban J connectivity index is 5.20. The molecule has 0 aliphatic heterocycles. The van der Waals surface area contributed by atoms with Gasteiger partial charge >= 0.3 is 39.5 Å². The van der Waals surface area contributed by atoms with Gasteiger partial charge in [0, 0.05) is 25.7 Å². The smallest absolute Gasteiger partial charge is 0.462 e. The number of hydrogen-bond donors (Lipinski definition) is 3.